The van der Waals surface area contributed by atoms with Gasteiger partial charge in [0.2, 0.25) is 11.8 Å². The summed E-state index contributed by atoms with van der Waals surface area (Å²) in [6, 6.07) is 63.0. The zero-order valence-corrected chi connectivity index (χ0v) is 33.0. The first-order valence-electron chi connectivity index (χ1n) is 20.3. The number of benzene rings is 8. The van der Waals surface area contributed by atoms with Crippen molar-refractivity contribution >= 4 is 22.2 Å². The van der Waals surface area contributed by atoms with Gasteiger partial charge in [0.05, 0.1) is 0 Å². The molecular formula is C55H38N2O2. The van der Waals surface area contributed by atoms with Gasteiger partial charge in [-0.05, 0) is 134 Å². The zero-order chi connectivity index (χ0) is 39.5. The van der Waals surface area contributed by atoms with Crippen LogP contribution in [-0.2, 0) is 10.8 Å². The number of hydrogen-bond acceptors (Lipinski definition) is 4. The Hall–Kier alpha value is -7.30. The van der Waals surface area contributed by atoms with E-state index in [9.17, 15) is 0 Å². The predicted octanol–water partition coefficient (Wildman–Crippen LogP) is 14.3. The number of para-hydroxylation sites is 4. The van der Waals surface area contributed by atoms with Crippen molar-refractivity contribution in [2.45, 2.75) is 31.6 Å². The maximum absolute atomic E-state index is 6.36. The van der Waals surface area contributed by atoms with Crippen molar-refractivity contribution in [3.05, 3.63) is 204 Å². The summed E-state index contributed by atoms with van der Waals surface area (Å²) in [6.45, 7) is 7.09. The first-order chi connectivity index (χ1) is 28.8. The van der Waals surface area contributed by atoms with Gasteiger partial charge in [-0.3, -0.25) is 0 Å². The summed E-state index contributed by atoms with van der Waals surface area (Å²) in [5.41, 5.74) is 20.8. The van der Waals surface area contributed by atoms with Gasteiger partial charge >= 0.3 is 0 Å². The van der Waals surface area contributed by atoms with Crippen LogP contribution in [0.5, 0.6) is 0 Å². The quantitative estimate of drug-likeness (QED) is 0.175. The molecule has 1 atom stereocenters. The van der Waals surface area contributed by atoms with E-state index in [1.807, 2.05) is 48.5 Å². The molecule has 2 aromatic heterocycles. The molecule has 2 heterocycles. The molecule has 0 N–H and O–H groups in total. The van der Waals surface area contributed by atoms with Crippen molar-refractivity contribution in [3.63, 3.8) is 0 Å². The van der Waals surface area contributed by atoms with Crippen LogP contribution in [0.25, 0.3) is 89.6 Å². The van der Waals surface area contributed by atoms with Crippen LogP contribution in [0.4, 0.5) is 0 Å². The van der Waals surface area contributed by atoms with Crippen LogP contribution in [0.15, 0.2) is 185 Å². The molecule has 0 aliphatic heterocycles. The topological polar surface area (TPSA) is 52.1 Å². The van der Waals surface area contributed by atoms with Crippen molar-refractivity contribution in [2.75, 3.05) is 0 Å². The molecule has 4 nitrogen and oxygen atoms in total. The second kappa shape index (κ2) is 12.3. The lowest BCUT2D eigenvalue weighted by Gasteiger charge is -2.28. The molecule has 0 radical (unpaired) electrons. The molecule has 2 aliphatic carbocycles. The fourth-order valence-corrected chi connectivity index (χ4v) is 10.1. The number of rotatable bonds is 5. The Kier molecular flexibility index (Phi) is 7.08. The third-order valence-corrected chi connectivity index (χ3v) is 13.0. The van der Waals surface area contributed by atoms with Crippen molar-refractivity contribution in [3.8, 4) is 67.4 Å². The molecule has 0 amide bonds. The Morgan fingerprint density at radius 1 is 0.373 bits per heavy atom. The van der Waals surface area contributed by atoms with Crippen LogP contribution in [0.3, 0.4) is 0 Å². The summed E-state index contributed by atoms with van der Waals surface area (Å²) in [5.74, 6) is 1.12. The molecule has 1 unspecified atom stereocenters. The second-order valence-electron chi connectivity index (χ2n) is 16.7. The Morgan fingerprint density at radius 2 is 0.932 bits per heavy atom. The minimum Gasteiger partial charge on any atom is -0.436 e. The largest absolute Gasteiger partial charge is 0.436 e. The number of aromatic nitrogens is 2. The fourth-order valence-electron chi connectivity index (χ4n) is 10.1. The number of fused-ring (bicyclic) bond motifs is 8. The zero-order valence-electron chi connectivity index (χ0n) is 33.0. The summed E-state index contributed by atoms with van der Waals surface area (Å²) < 4.78 is 12.7. The van der Waals surface area contributed by atoms with Gasteiger partial charge < -0.3 is 8.83 Å². The van der Waals surface area contributed by atoms with E-state index in [1.165, 1.54) is 61.2 Å². The van der Waals surface area contributed by atoms with Crippen LogP contribution in [0, 0.1) is 0 Å². The highest BCUT2D eigenvalue weighted by Crippen LogP contribution is 2.55. The minimum absolute atomic E-state index is 0.257. The van der Waals surface area contributed by atoms with E-state index in [1.54, 1.807) is 0 Å². The normalized spacial score (nSPS) is 15.9. The first kappa shape index (κ1) is 33.8. The summed E-state index contributed by atoms with van der Waals surface area (Å²) >= 11 is 0. The molecule has 0 fully saturated rings. The highest BCUT2D eigenvalue weighted by molar-refractivity contribution is 5.93. The monoisotopic (exact) mass is 758 g/mol. The molecule has 0 spiro atoms. The van der Waals surface area contributed by atoms with Crippen molar-refractivity contribution < 1.29 is 8.83 Å². The molecule has 12 rings (SSSR count). The van der Waals surface area contributed by atoms with E-state index in [2.05, 4.69) is 148 Å². The SMILES string of the molecule is CC1(C)c2ccc(-c3ccc4c(c3)C(C)(c3ccccc3)c3ccccc3-4)cc2-c2cccc(-c3cc(-c4nc5ccccc5o4)cc(-c4nc5ccccc5o4)c3)c21. The third kappa shape index (κ3) is 4.96. The number of oxazole rings is 2. The van der Waals surface area contributed by atoms with E-state index in [-0.39, 0.29) is 10.8 Å². The molecule has 4 heteroatoms. The highest BCUT2D eigenvalue weighted by Gasteiger charge is 2.41. The average Bonchev–Trinajstić information content (AvgIpc) is 4.04. The first-order valence-corrected chi connectivity index (χ1v) is 20.3. The van der Waals surface area contributed by atoms with E-state index in [4.69, 9.17) is 18.8 Å². The Balaban J connectivity index is 1.01. The second-order valence-corrected chi connectivity index (χ2v) is 16.7. The van der Waals surface area contributed by atoms with Crippen molar-refractivity contribution in [2.24, 2.45) is 0 Å². The lowest BCUT2D eigenvalue weighted by molar-refractivity contribution is 0.617. The molecule has 0 saturated heterocycles. The Morgan fingerprint density at radius 3 is 1.64 bits per heavy atom. The lowest BCUT2D eigenvalue weighted by atomic mass is 9.74. The summed E-state index contributed by atoms with van der Waals surface area (Å²) in [6.07, 6.45) is 0. The number of hydrogen-bond donors (Lipinski definition) is 0. The Bertz CT molecular complexity index is 3170. The summed E-state index contributed by atoms with van der Waals surface area (Å²) in [5, 5.41) is 0. The van der Waals surface area contributed by atoms with Gasteiger partial charge in [-0.15, -0.1) is 0 Å². The molecular weight excluding hydrogens is 721 g/mol. The molecule has 2 aliphatic rings. The highest BCUT2D eigenvalue weighted by atomic mass is 16.4. The summed E-state index contributed by atoms with van der Waals surface area (Å²) in [7, 11) is 0. The molecule has 10 aromatic rings. The molecule has 59 heavy (non-hydrogen) atoms. The maximum atomic E-state index is 6.36. The Labute approximate surface area is 342 Å². The van der Waals surface area contributed by atoms with Crippen LogP contribution in [0.1, 0.15) is 48.6 Å². The van der Waals surface area contributed by atoms with Crippen LogP contribution < -0.4 is 0 Å². The van der Waals surface area contributed by atoms with Gasteiger partial charge in [-0.1, -0.05) is 135 Å². The molecule has 0 saturated carbocycles. The average molecular weight is 759 g/mol. The maximum Gasteiger partial charge on any atom is 0.227 e. The molecule has 0 bridgehead atoms. The molecule has 8 aromatic carbocycles. The van der Waals surface area contributed by atoms with Crippen LogP contribution in [-0.4, -0.2) is 9.97 Å². The smallest absolute Gasteiger partial charge is 0.227 e. The van der Waals surface area contributed by atoms with Gasteiger partial charge in [0.25, 0.3) is 0 Å². The van der Waals surface area contributed by atoms with Gasteiger partial charge in [0, 0.05) is 22.0 Å². The number of nitrogens with zero attached hydrogens (tertiary/aromatic N) is 2. The minimum atomic E-state index is -0.267. The third-order valence-electron chi connectivity index (χ3n) is 13.0. The van der Waals surface area contributed by atoms with E-state index in [0.717, 1.165) is 44.5 Å². The lowest BCUT2D eigenvalue weighted by Crippen LogP contribution is -2.22. The van der Waals surface area contributed by atoms with Gasteiger partial charge in [-0.25, -0.2) is 9.97 Å². The van der Waals surface area contributed by atoms with Gasteiger partial charge in [0.15, 0.2) is 11.2 Å². The van der Waals surface area contributed by atoms with Crippen LogP contribution >= 0.6 is 0 Å². The fraction of sp³-hybridized carbons (Fsp3) is 0.0909. The van der Waals surface area contributed by atoms with E-state index in [0.29, 0.717) is 11.8 Å². The van der Waals surface area contributed by atoms with Crippen LogP contribution in [0.2, 0.25) is 0 Å². The van der Waals surface area contributed by atoms with Crippen molar-refractivity contribution in [1.29, 1.82) is 0 Å². The van der Waals surface area contributed by atoms with Crippen molar-refractivity contribution in [1.82, 2.24) is 9.97 Å². The van der Waals surface area contributed by atoms with Gasteiger partial charge in [0.1, 0.15) is 11.0 Å². The van der Waals surface area contributed by atoms with Gasteiger partial charge in [-0.2, -0.15) is 0 Å². The molecule has 280 valence electrons. The summed E-state index contributed by atoms with van der Waals surface area (Å²) in [4.78, 5) is 9.82. The standard InChI is InChI=1S/C55H38N2O2/c1-54(2)44-27-25-33(34-24-26-41-40-16-7-8-19-45(40)55(3,46(41)32-34)38-14-5-4-6-15-38)31-43(44)42-18-13-17-39(51(42)54)35-28-36(52-56-47-20-9-11-22-49(47)58-52)30-37(29-35)53-57-48-21-10-12-23-50(48)59-53/h4-32H,1-3H3. The van der Waals surface area contributed by atoms with E-state index < -0.39 is 0 Å². The van der Waals surface area contributed by atoms with E-state index >= 15 is 0 Å². The predicted molar refractivity (Wildman–Crippen MR) is 238 cm³/mol.